The van der Waals surface area contributed by atoms with Gasteiger partial charge in [0.1, 0.15) is 4.88 Å². The number of aryl methyl sites for hydroxylation is 1. The number of para-hydroxylation sites is 1. The summed E-state index contributed by atoms with van der Waals surface area (Å²) in [7, 11) is 0. The molecule has 2 amide bonds. The molecule has 1 aromatic carbocycles. The van der Waals surface area contributed by atoms with Crippen LogP contribution in [-0.2, 0) is 4.74 Å². The minimum Gasteiger partial charge on any atom is -0.376 e. The van der Waals surface area contributed by atoms with Gasteiger partial charge in [-0.1, -0.05) is 12.1 Å². The Bertz CT molecular complexity index is 738. The van der Waals surface area contributed by atoms with Crippen LogP contribution in [0.25, 0.3) is 0 Å². The van der Waals surface area contributed by atoms with Gasteiger partial charge in [-0.05, 0) is 31.9 Å². The molecule has 1 unspecified atom stereocenters. The van der Waals surface area contributed by atoms with Crippen LogP contribution < -0.4 is 10.6 Å². The van der Waals surface area contributed by atoms with Crippen molar-refractivity contribution >= 4 is 28.8 Å². The zero-order valence-corrected chi connectivity index (χ0v) is 14.2. The van der Waals surface area contributed by atoms with Gasteiger partial charge in [-0.2, -0.15) is 0 Å². The number of benzene rings is 1. The largest absolute Gasteiger partial charge is 0.376 e. The molecule has 1 saturated heterocycles. The van der Waals surface area contributed by atoms with E-state index in [1.807, 2.05) is 6.92 Å². The molecule has 2 N–H and O–H groups in total. The molecule has 0 radical (unpaired) electrons. The summed E-state index contributed by atoms with van der Waals surface area (Å²) >= 11 is 1.32. The summed E-state index contributed by atoms with van der Waals surface area (Å²) in [4.78, 5) is 29.3. The number of carbonyl (C=O) groups is 2. The first-order valence-electron chi connectivity index (χ1n) is 7.86. The first-order chi connectivity index (χ1) is 11.6. The Kier molecular flexibility index (Phi) is 5.22. The number of hydrogen-bond acceptors (Lipinski definition) is 5. The summed E-state index contributed by atoms with van der Waals surface area (Å²) in [5.41, 5.74) is 0.920. The fourth-order valence-corrected chi connectivity index (χ4v) is 3.22. The van der Waals surface area contributed by atoms with Crippen molar-refractivity contribution in [3.05, 3.63) is 45.9 Å². The minimum absolute atomic E-state index is 0.0795. The second-order valence-corrected chi connectivity index (χ2v) is 6.82. The van der Waals surface area contributed by atoms with Gasteiger partial charge in [0.25, 0.3) is 11.8 Å². The van der Waals surface area contributed by atoms with Crippen molar-refractivity contribution in [2.45, 2.75) is 25.9 Å². The molecule has 1 fully saturated rings. The van der Waals surface area contributed by atoms with E-state index in [0.29, 0.717) is 22.7 Å². The average molecular weight is 345 g/mol. The highest BCUT2D eigenvalue weighted by Crippen LogP contribution is 2.19. The fraction of sp³-hybridized carbons (Fsp3) is 0.353. The molecule has 1 aliphatic rings. The molecule has 0 aliphatic carbocycles. The number of hydrogen-bond donors (Lipinski definition) is 2. The molecule has 0 saturated carbocycles. The van der Waals surface area contributed by atoms with E-state index in [9.17, 15) is 9.59 Å². The third-order valence-corrected chi connectivity index (χ3v) is 4.69. The Labute approximate surface area is 144 Å². The standard InChI is InChI=1S/C17H19N3O3S/c1-11-18-10-15(24-11)17(22)20-14-7-3-2-6-13(14)16(21)19-9-12-5-4-8-23-12/h2-3,6-7,10,12H,4-5,8-9H2,1H3,(H,19,21)(H,20,22). The van der Waals surface area contributed by atoms with Crippen molar-refractivity contribution in [1.29, 1.82) is 0 Å². The van der Waals surface area contributed by atoms with Crippen LogP contribution in [0.3, 0.4) is 0 Å². The van der Waals surface area contributed by atoms with Gasteiger partial charge in [0.2, 0.25) is 0 Å². The quantitative estimate of drug-likeness (QED) is 0.873. The lowest BCUT2D eigenvalue weighted by molar-refractivity contribution is 0.0858. The summed E-state index contributed by atoms with van der Waals surface area (Å²) in [5, 5.41) is 6.48. The lowest BCUT2D eigenvalue weighted by Crippen LogP contribution is -2.32. The molecule has 0 spiro atoms. The molecular formula is C17H19N3O3S. The first kappa shape index (κ1) is 16.6. The zero-order chi connectivity index (χ0) is 16.9. The van der Waals surface area contributed by atoms with E-state index < -0.39 is 0 Å². The van der Waals surface area contributed by atoms with E-state index in [4.69, 9.17) is 4.74 Å². The van der Waals surface area contributed by atoms with Gasteiger partial charge in [-0.25, -0.2) is 4.98 Å². The number of aromatic nitrogens is 1. The summed E-state index contributed by atoms with van der Waals surface area (Å²) in [6.45, 7) is 3.07. The fourth-order valence-electron chi connectivity index (χ4n) is 2.55. The Morgan fingerprint density at radius 3 is 2.88 bits per heavy atom. The monoisotopic (exact) mass is 345 g/mol. The average Bonchev–Trinajstić information content (AvgIpc) is 3.24. The summed E-state index contributed by atoms with van der Waals surface area (Å²) in [6.07, 6.45) is 3.61. The van der Waals surface area contributed by atoms with E-state index in [1.165, 1.54) is 17.5 Å². The molecule has 1 atom stereocenters. The molecule has 126 valence electrons. The highest BCUT2D eigenvalue weighted by Gasteiger charge is 2.19. The van der Waals surface area contributed by atoms with Crippen molar-refractivity contribution in [3.8, 4) is 0 Å². The third kappa shape index (κ3) is 3.98. The number of carbonyl (C=O) groups excluding carboxylic acids is 2. The minimum atomic E-state index is -0.264. The van der Waals surface area contributed by atoms with E-state index >= 15 is 0 Å². The highest BCUT2D eigenvalue weighted by atomic mass is 32.1. The van der Waals surface area contributed by atoms with E-state index in [0.717, 1.165) is 24.5 Å². The maximum absolute atomic E-state index is 12.4. The zero-order valence-electron chi connectivity index (χ0n) is 13.4. The van der Waals surface area contributed by atoms with Crippen LogP contribution in [0.1, 0.15) is 37.9 Å². The van der Waals surface area contributed by atoms with Gasteiger partial charge in [0, 0.05) is 13.2 Å². The molecule has 0 bridgehead atoms. The van der Waals surface area contributed by atoms with Crippen LogP contribution in [0, 0.1) is 6.92 Å². The van der Waals surface area contributed by atoms with Crippen LogP contribution in [0.2, 0.25) is 0 Å². The Morgan fingerprint density at radius 2 is 2.17 bits per heavy atom. The van der Waals surface area contributed by atoms with Crippen molar-refractivity contribution in [1.82, 2.24) is 10.3 Å². The summed E-state index contributed by atoms with van der Waals surface area (Å²) < 4.78 is 5.50. The number of anilines is 1. The number of thiazole rings is 1. The number of rotatable bonds is 5. The van der Waals surface area contributed by atoms with Gasteiger partial charge in [-0.3, -0.25) is 9.59 Å². The normalized spacial score (nSPS) is 16.8. The molecule has 7 heteroatoms. The van der Waals surface area contributed by atoms with Gasteiger partial charge in [0.15, 0.2) is 0 Å². The van der Waals surface area contributed by atoms with E-state index in [-0.39, 0.29) is 17.9 Å². The van der Waals surface area contributed by atoms with Crippen molar-refractivity contribution in [3.63, 3.8) is 0 Å². The maximum Gasteiger partial charge on any atom is 0.267 e. The molecule has 2 aromatic rings. The van der Waals surface area contributed by atoms with Gasteiger partial charge >= 0.3 is 0 Å². The Morgan fingerprint density at radius 1 is 1.33 bits per heavy atom. The van der Waals surface area contributed by atoms with Gasteiger partial charge < -0.3 is 15.4 Å². The lowest BCUT2D eigenvalue weighted by Gasteiger charge is -2.13. The van der Waals surface area contributed by atoms with Crippen LogP contribution in [0.5, 0.6) is 0 Å². The SMILES string of the molecule is Cc1ncc(C(=O)Nc2ccccc2C(=O)NCC2CCCO2)s1. The van der Waals surface area contributed by atoms with Crippen LogP contribution in [0.4, 0.5) is 5.69 Å². The van der Waals surface area contributed by atoms with E-state index in [1.54, 1.807) is 24.3 Å². The smallest absolute Gasteiger partial charge is 0.267 e. The van der Waals surface area contributed by atoms with Gasteiger partial charge in [0.05, 0.1) is 28.6 Å². The lowest BCUT2D eigenvalue weighted by atomic mass is 10.1. The first-order valence-corrected chi connectivity index (χ1v) is 8.68. The predicted octanol–water partition coefficient (Wildman–Crippen LogP) is 2.61. The molecular weight excluding hydrogens is 326 g/mol. The van der Waals surface area contributed by atoms with Crippen molar-refractivity contribution in [2.24, 2.45) is 0 Å². The Balaban J connectivity index is 1.67. The Hall–Kier alpha value is -2.25. The van der Waals surface area contributed by atoms with Crippen molar-refractivity contribution < 1.29 is 14.3 Å². The molecule has 1 aliphatic heterocycles. The third-order valence-electron chi connectivity index (χ3n) is 3.78. The van der Waals surface area contributed by atoms with Crippen molar-refractivity contribution in [2.75, 3.05) is 18.5 Å². The van der Waals surface area contributed by atoms with Crippen LogP contribution in [0.15, 0.2) is 30.5 Å². The topological polar surface area (TPSA) is 80.3 Å². The number of nitrogens with zero attached hydrogens (tertiary/aromatic N) is 1. The molecule has 2 heterocycles. The second-order valence-electron chi connectivity index (χ2n) is 5.59. The molecule has 6 nitrogen and oxygen atoms in total. The molecule has 24 heavy (non-hydrogen) atoms. The predicted molar refractivity (Wildman–Crippen MR) is 92.6 cm³/mol. The van der Waals surface area contributed by atoms with Crippen LogP contribution in [-0.4, -0.2) is 36.1 Å². The maximum atomic E-state index is 12.4. The number of nitrogens with one attached hydrogen (secondary N) is 2. The molecule has 1 aromatic heterocycles. The summed E-state index contributed by atoms with van der Waals surface area (Å²) in [5.74, 6) is -0.484. The van der Waals surface area contributed by atoms with Crippen LogP contribution >= 0.6 is 11.3 Å². The van der Waals surface area contributed by atoms with E-state index in [2.05, 4.69) is 15.6 Å². The van der Waals surface area contributed by atoms with Gasteiger partial charge in [-0.15, -0.1) is 11.3 Å². The number of amides is 2. The second kappa shape index (κ2) is 7.55. The highest BCUT2D eigenvalue weighted by molar-refractivity contribution is 7.13. The molecule has 3 rings (SSSR count). The number of ether oxygens (including phenoxy) is 1. The summed E-state index contributed by atoms with van der Waals surface area (Å²) in [6, 6.07) is 6.96.